The van der Waals surface area contributed by atoms with Crippen molar-refractivity contribution >= 4 is 0 Å². The molecule has 0 amide bonds. The molecule has 0 aromatic carbocycles. The van der Waals surface area contributed by atoms with Gasteiger partial charge in [-0.15, -0.1) is 0 Å². The Morgan fingerprint density at radius 3 is 2.14 bits per heavy atom. The van der Waals surface area contributed by atoms with E-state index in [1.165, 1.54) is 38.8 Å². The third-order valence-corrected chi connectivity index (χ3v) is 3.57. The molecule has 1 saturated heterocycles. The molecular weight excluding hydrogens is 172 g/mol. The minimum absolute atomic E-state index is 0.737. The van der Waals surface area contributed by atoms with Gasteiger partial charge >= 0.3 is 0 Å². The highest BCUT2D eigenvalue weighted by molar-refractivity contribution is 4.75. The van der Waals surface area contributed by atoms with Crippen LogP contribution in [0.15, 0.2) is 0 Å². The summed E-state index contributed by atoms with van der Waals surface area (Å²) in [5.41, 5.74) is 0. The van der Waals surface area contributed by atoms with E-state index in [4.69, 9.17) is 0 Å². The first-order chi connectivity index (χ1) is 6.75. The number of likely N-dealkylation sites (tertiary alicyclic amines) is 1. The third kappa shape index (κ3) is 3.58. The van der Waals surface area contributed by atoms with Crippen molar-refractivity contribution in [2.75, 3.05) is 26.7 Å². The molecule has 2 atom stereocenters. The summed E-state index contributed by atoms with van der Waals surface area (Å²) in [4.78, 5) is 2.68. The van der Waals surface area contributed by atoms with Crippen LogP contribution in [-0.2, 0) is 0 Å². The molecule has 1 heterocycles. The van der Waals surface area contributed by atoms with E-state index in [1.807, 2.05) is 7.05 Å². The topological polar surface area (TPSA) is 15.3 Å². The predicted molar refractivity (Wildman–Crippen MR) is 62.6 cm³/mol. The van der Waals surface area contributed by atoms with Crippen molar-refractivity contribution in [3.05, 3.63) is 0 Å². The highest BCUT2D eigenvalue weighted by atomic mass is 15.2. The summed E-state index contributed by atoms with van der Waals surface area (Å²) >= 11 is 0. The maximum absolute atomic E-state index is 3.28. The Morgan fingerprint density at radius 2 is 1.64 bits per heavy atom. The largest absolute Gasteiger partial charge is 0.319 e. The summed E-state index contributed by atoms with van der Waals surface area (Å²) in [5.74, 6) is 0.762. The fraction of sp³-hybridized carbons (Fsp3) is 1.00. The van der Waals surface area contributed by atoms with E-state index >= 15 is 0 Å². The van der Waals surface area contributed by atoms with Gasteiger partial charge in [-0.05, 0) is 52.4 Å². The molecule has 0 radical (unpaired) electrons. The quantitative estimate of drug-likeness (QED) is 0.744. The van der Waals surface area contributed by atoms with Crippen LogP contribution in [0.3, 0.4) is 0 Å². The number of rotatable bonds is 4. The van der Waals surface area contributed by atoms with Gasteiger partial charge in [-0.1, -0.05) is 19.8 Å². The van der Waals surface area contributed by atoms with Gasteiger partial charge < -0.3 is 10.2 Å². The van der Waals surface area contributed by atoms with E-state index in [1.54, 1.807) is 0 Å². The van der Waals surface area contributed by atoms with Crippen LogP contribution in [0.4, 0.5) is 0 Å². The summed E-state index contributed by atoms with van der Waals surface area (Å²) in [5, 5.41) is 3.28. The van der Waals surface area contributed by atoms with Crippen LogP contribution in [0, 0.1) is 5.92 Å². The minimum atomic E-state index is 0.737. The number of hydrogen-bond acceptors (Lipinski definition) is 2. The Balaban J connectivity index is 2.36. The van der Waals surface area contributed by atoms with Crippen molar-refractivity contribution < 1.29 is 0 Å². The lowest BCUT2D eigenvalue weighted by atomic mass is 10.0. The van der Waals surface area contributed by atoms with Gasteiger partial charge in [0, 0.05) is 6.04 Å². The van der Waals surface area contributed by atoms with Crippen molar-refractivity contribution in [3.8, 4) is 0 Å². The zero-order valence-electron chi connectivity index (χ0n) is 10.1. The Morgan fingerprint density at radius 1 is 1.07 bits per heavy atom. The average Bonchev–Trinajstić information content (AvgIpc) is 2.45. The van der Waals surface area contributed by atoms with E-state index in [0.717, 1.165) is 18.5 Å². The van der Waals surface area contributed by atoms with Crippen LogP contribution in [0.25, 0.3) is 0 Å². The van der Waals surface area contributed by atoms with Gasteiger partial charge in [0.15, 0.2) is 0 Å². The Kier molecular flexibility index (Phi) is 5.49. The second kappa shape index (κ2) is 6.41. The lowest BCUT2D eigenvalue weighted by Crippen LogP contribution is -2.41. The van der Waals surface area contributed by atoms with Crippen molar-refractivity contribution in [2.45, 2.75) is 45.6 Å². The van der Waals surface area contributed by atoms with Gasteiger partial charge in [0.2, 0.25) is 0 Å². The lowest BCUT2D eigenvalue weighted by molar-refractivity contribution is 0.166. The second-order valence-electron chi connectivity index (χ2n) is 4.73. The van der Waals surface area contributed by atoms with Crippen LogP contribution < -0.4 is 5.32 Å². The zero-order valence-corrected chi connectivity index (χ0v) is 10.1. The molecule has 2 heteroatoms. The molecule has 14 heavy (non-hydrogen) atoms. The van der Waals surface area contributed by atoms with Crippen molar-refractivity contribution in [3.63, 3.8) is 0 Å². The molecule has 2 nitrogen and oxygen atoms in total. The molecule has 2 unspecified atom stereocenters. The summed E-state index contributed by atoms with van der Waals surface area (Å²) in [6.45, 7) is 8.50. The molecule has 1 fully saturated rings. The fourth-order valence-corrected chi connectivity index (χ4v) is 2.35. The fourth-order valence-electron chi connectivity index (χ4n) is 2.35. The van der Waals surface area contributed by atoms with E-state index < -0.39 is 0 Å². The molecule has 0 aromatic rings. The Bertz CT molecular complexity index is 139. The summed E-state index contributed by atoms with van der Waals surface area (Å²) < 4.78 is 0. The average molecular weight is 198 g/mol. The highest BCUT2D eigenvalue weighted by Crippen LogP contribution is 2.16. The monoisotopic (exact) mass is 198 g/mol. The normalized spacial score (nSPS) is 24.2. The Hall–Kier alpha value is -0.0800. The lowest BCUT2D eigenvalue weighted by Gasteiger charge is -2.32. The number of nitrogens with zero attached hydrogens (tertiary/aromatic N) is 1. The van der Waals surface area contributed by atoms with E-state index in [-0.39, 0.29) is 0 Å². The second-order valence-corrected chi connectivity index (χ2v) is 4.73. The highest BCUT2D eigenvalue weighted by Gasteiger charge is 2.20. The molecule has 0 bridgehead atoms. The van der Waals surface area contributed by atoms with Gasteiger partial charge in [-0.25, -0.2) is 0 Å². The van der Waals surface area contributed by atoms with Crippen molar-refractivity contribution in [1.29, 1.82) is 0 Å². The predicted octanol–water partition coefficient (Wildman–Crippen LogP) is 2.11. The van der Waals surface area contributed by atoms with Gasteiger partial charge in [-0.3, -0.25) is 0 Å². The van der Waals surface area contributed by atoms with Gasteiger partial charge in [0.25, 0.3) is 0 Å². The molecule has 1 aliphatic heterocycles. The smallest absolute Gasteiger partial charge is 0.0105 e. The van der Waals surface area contributed by atoms with Crippen LogP contribution in [-0.4, -0.2) is 37.6 Å². The summed E-state index contributed by atoms with van der Waals surface area (Å²) in [7, 11) is 2.05. The maximum atomic E-state index is 3.28. The first kappa shape index (κ1) is 12.0. The first-order valence-electron chi connectivity index (χ1n) is 6.14. The Labute approximate surface area is 89.1 Å². The molecule has 1 N–H and O–H groups in total. The standard InChI is InChI=1S/C12H26N2/c1-11(10-13-3)12(2)14-8-6-4-5-7-9-14/h11-13H,4-10H2,1-3H3. The SMILES string of the molecule is CNCC(C)C(C)N1CCCCCC1. The van der Waals surface area contributed by atoms with E-state index in [0.29, 0.717) is 0 Å². The van der Waals surface area contributed by atoms with Gasteiger partial charge in [0.05, 0.1) is 0 Å². The molecular formula is C12H26N2. The van der Waals surface area contributed by atoms with E-state index in [2.05, 4.69) is 24.1 Å². The zero-order chi connectivity index (χ0) is 10.4. The van der Waals surface area contributed by atoms with Crippen LogP contribution in [0.5, 0.6) is 0 Å². The van der Waals surface area contributed by atoms with Crippen LogP contribution in [0.2, 0.25) is 0 Å². The van der Waals surface area contributed by atoms with Crippen molar-refractivity contribution in [2.24, 2.45) is 5.92 Å². The van der Waals surface area contributed by atoms with Crippen LogP contribution >= 0.6 is 0 Å². The number of nitrogens with one attached hydrogen (secondary N) is 1. The van der Waals surface area contributed by atoms with Crippen LogP contribution in [0.1, 0.15) is 39.5 Å². The summed E-state index contributed by atoms with van der Waals surface area (Å²) in [6.07, 6.45) is 5.67. The number of hydrogen-bond donors (Lipinski definition) is 1. The third-order valence-electron chi connectivity index (χ3n) is 3.57. The molecule has 0 aromatic heterocycles. The molecule has 0 aliphatic carbocycles. The van der Waals surface area contributed by atoms with Crippen molar-refractivity contribution in [1.82, 2.24) is 10.2 Å². The first-order valence-corrected chi connectivity index (χ1v) is 6.14. The molecule has 84 valence electrons. The minimum Gasteiger partial charge on any atom is -0.319 e. The summed E-state index contributed by atoms with van der Waals surface area (Å²) in [6, 6.07) is 0.737. The maximum Gasteiger partial charge on any atom is 0.0105 e. The molecule has 0 spiro atoms. The van der Waals surface area contributed by atoms with E-state index in [9.17, 15) is 0 Å². The van der Waals surface area contributed by atoms with Gasteiger partial charge in [0.1, 0.15) is 0 Å². The van der Waals surface area contributed by atoms with Gasteiger partial charge in [-0.2, -0.15) is 0 Å². The molecule has 0 saturated carbocycles. The molecule has 1 rings (SSSR count). The molecule has 1 aliphatic rings.